The molecule has 2 rings (SSSR count). The number of aromatic nitrogens is 2. The van der Waals surface area contributed by atoms with Crippen LogP contribution in [0.25, 0.3) is 0 Å². The predicted octanol–water partition coefficient (Wildman–Crippen LogP) is 2.59. The quantitative estimate of drug-likeness (QED) is 0.439. The number of thiol groups is 1. The van der Waals surface area contributed by atoms with Crippen LogP contribution in [-0.2, 0) is 11.2 Å². The van der Waals surface area contributed by atoms with Crippen molar-refractivity contribution in [3.8, 4) is 0 Å². The number of benzene rings is 1. The Kier molecular flexibility index (Phi) is 8.66. The maximum absolute atomic E-state index is 12.4. The monoisotopic (exact) mass is 419 g/mol. The van der Waals surface area contributed by atoms with Gasteiger partial charge in [-0.2, -0.15) is 17.6 Å². The number of hydrogen-bond donors (Lipinski definition) is 4. The van der Waals surface area contributed by atoms with Gasteiger partial charge in [-0.05, 0) is 24.8 Å². The van der Waals surface area contributed by atoms with Gasteiger partial charge in [-0.15, -0.1) is 0 Å². The molecule has 0 spiro atoms. The minimum Gasteiger partial charge on any atom is -0.337 e. The molecule has 0 radical (unpaired) electrons. The van der Waals surface area contributed by atoms with Crippen LogP contribution in [0.3, 0.4) is 0 Å². The molecule has 0 fully saturated rings. The zero-order valence-electron chi connectivity index (χ0n) is 17.0. The second-order valence-corrected chi connectivity index (χ2v) is 7.48. The maximum Gasteiger partial charge on any atom is 0.316 e. The molecule has 1 heterocycles. The van der Waals surface area contributed by atoms with Gasteiger partial charge in [0.1, 0.15) is 6.04 Å². The van der Waals surface area contributed by atoms with Crippen LogP contribution in [0, 0.1) is 5.92 Å². The molecule has 0 bridgehead atoms. The van der Waals surface area contributed by atoms with Crippen LogP contribution in [0.2, 0.25) is 0 Å². The van der Waals surface area contributed by atoms with Crippen molar-refractivity contribution in [2.75, 3.05) is 5.75 Å². The number of carbonyl (C=O) groups excluding carboxylic acids is 2. The molecule has 0 aliphatic rings. The van der Waals surface area contributed by atoms with Crippen LogP contribution in [0.5, 0.6) is 0 Å². The lowest BCUT2D eigenvalue weighted by Gasteiger charge is -2.23. The number of urea groups is 1. The normalized spacial score (nSPS) is 15.2. The van der Waals surface area contributed by atoms with Crippen LogP contribution in [-0.4, -0.2) is 33.7 Å². The minimum atomic E-state index is -0.604. The van der Waals surface area contributed by atoms with E-state index in [0.29, 0.717) is 12.2 Å². The van der Waals surface area contributed by atoms with Gasteiger partial charge in [-0.25, -0.2) is 4.79 Å². The third-order valence-corrected chi connectivity index (χ3v) is 5.18. The van der Waals surface area contributed by atoms with Crippen LogP contribution in [0.1, 0.15) is 56.6 Å². The Balaban J connectivity index is 2.01. The number of amides is 2. The molecule has 4 N–H and O–H groups in total. The van der Waals surface area contributed by atoms with E-state index in [1.165, 1.54) is 6.92 Å². The number of carbonyl (C=O) groups is 2. The minimum absolute atomic E-state index is 0.0266. The number of rotatable bonds is 10. The summed E-state index contributed by atoms with van der Waals surface area (Å²) in [5.74, 6) is 0.759. The van der Waals surface area contributed by atoms with Crippen molar-refractivity contribution in [1.29, 1.82) is 0 Å². The summed E-state index contributed by atoms with van der Waals surface area (Å²) in [5, 5.41) is 9.40. The number of nitrogens with zero attached hydrogens (tertiary/aromatic N) is 2. The van der Waals surface area contributed by atoms with E-state index >= 15 is 0 Å². The van der Waals surface area contributed by atoms with E-state index in [9.17, 15) is 9.59 Å². The van der Waals surface area contributed by atoms with Crippen LogP contribution in [0.4, 0.5) is 4.79 Å². The van der Waals surface area contributed by atoms with E-state index in [1.807, 2.05) is 44.2 Å². The Morgan fingerprint density at radius 3 is 2.52 bits per heavy atom. The summed E-state index contributed by atoms with van der Waals surface area (Å²) in [7, 11) is 0. The molecule has 8 nitrogen and oxygen atoms in total. The zero-order chi connectivity index (χ0) is 21.4. The van der Waals surface area contributed by atoms with Crippen molar-refractivity contribution >= 4 is 24.4 Å². The molecule has 9 heteroatoms. The largest absolute Gasteiger partial charge is 0.337 e. The van der Waals surface area contributed by atoms with Crippen molar-refractivity contribution in [2.45, 2.75) is 51.7 Å². The number of ketones is 1. The molecule has 29 heavy (non-hydrogen) atoms. The molecular weight excluding hydrogens is 390 g/mol. The Bertz CT molecular complexity index is 798. The molecule has 158 valence electrons. The highest BCUT2D eigenvalue weighted by atomic mass is 32.1. The highest BCUT2D eigenvalue weighted by Gasteiger charge is 2.26. The average molecular weight is 420 g/mol. The van der Waals surface area contributed by atoms with Gasteiger partial charge in [0.15, 0.2) is 11.6 Å². The van der Waals surface area contributed by atoms with E-state index in [2.05, 4.69) is 33.4 Å². The highest BCUT2D eigenvalue weighted by molar-refractivity contribution is 7.80. The second kappa shape index (κ2) is 11.0. The molecule has 1 unspecified atom stereocenters. The Labute approximate surface area is 176 Å². The molecule has 2 aromatic rings. The fraction of sp³-hybridized carbons (Fsp3) is 0.500. The van der Waals surface area contributed by atoms with Crippen LogP contribution >= 0.6 is 12.6 Å². The first kappa shape index (κ1) is 22.9. The molecule has 0 saturated heterocycles. The predicted molar refractivity (Wildman–Crippen MR) is 114 cm³/mol. The number of nitrogens with two attached hydrogens (primary N) is 1. The first-order valence-electron chi connectivity index (χ1n) is 9.67. The van der Waals surface area contributed by atoms with Crippen molar-refractivity contribution in [2.24, 2.45) is 11.7 Å². The number of hydrogen-bond acceptors (Lipinski definition) is 7. The van der Waals surface area contributed by atoms with Crippen molar-refractivity contribution in [1.82, 2.24) is 20.8 Å². The Hall–Kier alpha value is -2.39. The van der Waals surface area contributed by atoms with Crippen LogP contribution in [0.15, 0.2) is 34.9 Å². The van der Waals surface area contributed by atoms with Gasteiger partial charge < -0.3 is 20.9 Å². The smallest absolute Gasteiger partial charge is 0.316 e. The van der Waals surface area contributed by atoms with Gasteiger partial charge in [0, 0.05) is 5.75 Å². The average Bonchev–Trinajstić information content (AvgIpc) is 3.20. The van der Waals surface area contributed by atoms with Gasteiger partial charge in [0.05, 0.1) is 12.1 Å². The summed E-state index contributed by atoms with van der Waals surface area (Å²) in [6.07, 6.45) is 1.33. The van der Waals surface area contributed by atoms with Crippen molar-refractivity contribution < 1.29 is 14.1 Å². The second-order valence-electron chi connectivity index (χ2n) is 7.11. The maximum atomic E-state index is 12.4. The lowest BCUT2D eigenvalue weighted by Crippen LogP contribution is -2.49. The first-order chi connectivity index (χ1) is 13.8. The fourth-order valence-corrected chi connectivity index (χ4v) is 3.15. The third-order valence-electron chi connectivity index (χ3n) is 4.81. The number of Topliss-reactive ketones (excluding diaryl/α,β-unsaturated/α-hetero) is 1. The summed E-state index contributed by atoms with van der Waals surface area (Å²) in [5.41, 5.74) is 7.25. The van der Waals surface area contributed by atoms with Gasteiger partial charge in [-0.1, -0.05) is 55.8 Å². The van der Waals surface area contributed by atoms with E-state index < -0.39 is 24.2 Å². The summed E-state index contributed by atoms with van der Waals surface area (Å²) < 4.78 is 5.30. The van der Waals surface area contributed by atoms with Gasteiger partial charge >= 0.3 is 6.03 Å². The molecule has 0 aliphatic carbocycles. The molecule has 0 aliphatic heterocycles. The lowest BCUT2D eigenvalue weighted by atomic mass is 9.96. The van der Waals surface area contributed by atoms with Gasteiger partial charge in [0.25, 0.3) is 0 Å². The van der Waals surface area contributed by atoms with Crippen molar-refractivity contribution in [3.63, 3.8) is 0 Å². The van der Waals surface area contributed by atoms with E-state index in [0.717, 1.165) is 12.0 Å². The SMILES string of the molecule is CCC(C)[C@H](NC(=O)N[C@@H](CS)c1nc([C@@H](N)Cc2ccccc2)no1)C(C)=O. The van der Waals surface area contributed by atoms with Gasteiger partial charge in [0.2, 0.25) is 5.89 Å². The zero-order valence-corrected chi connectivity index (χ0v) is 17.9. The van der Waals surface area contributed by atoms with Crippen LogP contribution < -0.4 is 16.4 Å². The van der Waals surface area contributed by atoms with E-state index in [1.54, 1.807) is 0 Å². The Morgan fingerprint density at radius 1 is 1.24 bits per heavy atom. The fourth-order valence-electron chi connectivity index (χ4n) is 2.91. The standard InChI is InChI=1S/C20H29N5O3S/c1-4-12(2)17(13(3)26)23-20(27)22-16(11-29)19-24-18(25-28-19)15(21)10-14-8-6-5-7-9-14/h5-9,12,15-17,29H,4,10-11,21H2,1-3H3,(H2,22,23,27)/t12?,15-,16-,17-/m0/s1. The first-order valence-corrected chi connectivity index (χ1v) is 10.3. The molecule has 2 amide bonds. The summed E-state index contributed by atoms with van der Waals surface area (Å²) >= 11 is 4.26. The topological polar surface area (TPSA) is 123 Å². The van der Waals surface area contributed by atoms with Gasteiger partial charge in [-0.3, -0.25) is 4.79 Å². The van der Waals surface area contributed by atoms with E-state index in [-0.39, 0.29) is 23.3 Å². The Morgan fingerprint density at radius 2 is 1.93 bits per heavy atom. The summed E-state index contributed by atoms with van der Waals surface area (Å²) in [6, 6.07) is 7.69. The summed E-state index contributed by atoms with van der Waals surface area (Å²) in [6.45, 7) is 5.35. The number of nitrogens with one attached hydrogen (secondary N) is 2. The molecule has 1 aromatic heterocycles. The third kappa shape index (κ3) is 6.57. The lowest BCUT2D eigenvalue weighted by molar-refractivity contribution is -0.119. The summed E-state index contributed by atoms with van der Waals surface area (Å²) in [4.78, 5) is 28.5. The molecule has 0 saturated carbocycles. The van der Waals surface area contributed by atoms with E-state index in [4.69, 9.17) is 10.3 Å². The molecule has 4 atom stereocenters. The molecule has 1 aromatic carbocycles. The van der Waals surface area contributed by atoms with Crippen molar-refractivity contribution in [3.05, 3.63) is 47.6 Å². The highest BCUT2D eigenvalue weighted by Crippen LogP contribution is 2.18. The molecular formula is C20H29N5O3S.